The quantitative estimate of drug-likeness (QED) is 0.419. The second kappa shape index (κ2) is 10.3. The summed E-state index contributed by atoms with van der Waals surface area (Å²) in [5, 5.41) is 0. The molecule has 1 heterocycles. The molecule has 1 rings (SSSR count). The highest BCUT2D eigenvalue weighted by Gasteiger charge is 2.36. The van der Waals surface area contributed by atoms with Crippen molar-refractivity contribution in [1.29, 1.82) is 0 Å². The Morgan fingerprint density at radius 1 is 0.760 bits per heavy atom. The Morgan fingerprint density at radius 2 is 1.24 bits per heavy atom. The minimum atomic E-state index is -0.409. The van der Waals surface area contributed by atoms with Crippen LogP contribution in [0.5, 0.6) is 0 Å². The molecule has 0 aromatic heterocycles. The van der Waals surface area contributed by atoms with Gasteiger partial charge in [-0.3, -0.25) is 0 Å². The normalized spacial score (nSPS) is 20.4. The average molecular weight is 349 g/mol. The Bertz CT molecular complexity index is 480. The van der Waals surface area contributed by atoms with E-state index in [4.69, 9.17) is 9.47 Å². The van der Waals surface area contributed by atoms with E-state index in [0.29, 0.717) is 0 Å². The molecule has 1 aliphatic rings. The molecule has 0 unspecified atom stereocenters. The summed E-state index contributed by atoms with van der Waals surface area (Å²) >= 11 is 0. The zero-order valence-corrected chi connectivity index (χ0v) is 17.7. The van der Waals surface area contributed by atoms with Crippen molar-refractivity contribution in [3.05, 3.63) is 34.9 Å². The zero-order valence-electron chi connectivity index (χ0n) is 17.7. The van der Waals surface area contributed by atoms with Crippen molar-refractivity contribution in [2.45, 2.75) is 92.8 Å². The number of hydrogen-bond acceptors (Lipinski definition) is 2. The molecule has 0 radical (unpaired) electrons. The molecule has 1 fully saturated rings. The van der Waals surface area contributed by atoms with Gasteiger partial charge in [-0.25, -0.2) is 0 Å². The number of rotatable bonds is 9. The highest BCUT2D eigenvalue weighted by atomic mass is 16.7. The van der Waals surface area contributed by atoms with Crippen LogP contribution in [0.2, 0.25) is 0 Å². The molecule has 0 bridgehead atoms. The monoisotopic (exact) mass is 348 g/mol. The molecule has 2 nitrogen and oxygen atoms in total. The standard InChI is InChI=1S/C23H40O2/c1-19(2)11-8-12-20(3)13-9-14-21(4)15-10-16-23(7)24-17-22(5,6)18-25-23/h11,13,15H,8-10,12,14,16-18H2,1-7H3/b20-13+,21-15+. The van der Waals surface area contributed by atoms with E-state index < -0.39 is 5.79 Å². The van der Waals surface area contributed by atoms with E-state index in [2.05, 4.69) is 66.7 Å². The van der Waals surface area contributed by atoms with Crippen molar-refractivity contribution in [2.24, 2.45) is 5.41 Å². The van der Waals surface area contributed by atoms with E-state index in [-0.39, 0.29) is 5.41 Å². The molecule has 0 aromatic carbocycles. The van der Waals surface area contributed by atoms with Gasteiger partial charge in [-0.05, 0) is 66.7 Å². The van der Waals surface area contributed by atoms with Gasteiger partial charge in [0.15, 0.2) is 5.79 Å². The Hall–Kier alpha value is -0.860. The Labute approximate surface area is 156 Å². The molecule has 0 aromatic rings. The average Bonchev–Trinajstić information content (AvgIpc) is 2.50. The van der Waals surface area contributed by atoms with Gasteiger partial charge in [0.2, 0.25) is 0 Å². The highest BCUT2D eigenvalue weighted by Crippen LogP contribution is 2.32. The minimum absolute atomic E-state index is 0.140. The maximum absolute atomic E-state index is 5.96. The number of hydrogen-bond donors (Lipinski definition) is 0. The molecule has 1 saturated heterocycles. The first-order chi connectivity index (χ1) is 11.6. The van der Waals surface area contributed by atoms with Crippen LogP contribution in [0, 0.1) is 5.41 Å². The third-order valence-electron chi connectivity index (χ3n) is 4.75. The lowest BCUT2D eigenvalue weighted by Crippen LogP contribution is -2.45. The molecule has 2 heteroatoms. The Kier molecular flexibility index (Phi) is 9.16. The van der Waals surface area contributed by atoms with Crippen molar-refractivity contribution in [3.8, 4) is 0 Å². The second-order valence-electron chi connectivity index (χ2n) is 8.87. The van der Waals surface area contributed by atoms with Gasteiger partial charge in [0.05, 0.1) is 13.2 Å². The van der Waals surface area contributed by atoms with Gasteiger partial charge in [0.25, 0.3) is 0 Å². The highest BCUT2D eigenvalue weighted by molar-refractivity contribution is 5.05. The summed E-state index contributed by atoms with van der Waals surface area (Å²) in [7, 11) is 0. The first-order valence-electron chi connectivity index (χ1n) is 9.84. The molecule has 0 spiro atoms. The van der Waals surface area contributed by atoms with Gasteiger partial charge in [-0.1, -0.05) is 48.8 Å². The summed E-state index contributed by atoms with van der Waals surface area (Å²) in [6.45, 7) is 16.8. The predicted molar refractivity (Wildman–Crippen MR) is 109 cm³/mol. The Balaban J connectivity index is 2.26. The molecule has 0 amide bonds. The summed E-state index contributed by atoms with van der Waals surface area (Å²) < 4.78 is 11.9. The molecule has 0 saturated carbocycles. The summed E-state index contributed by atoms with van der Waals surface area (Å²) in [6.07, 6.45) is 13.6. The van der Waals surface area contributed by atoms with Crippen LogP contribution < -0.4 is 0 Å². The van der Waals surface area contributed by atoms with Crippen LogP contribution in [0.25, 0.3) is 0 Å². The fourth-order valence-corrected chi connectivity index (χ4v) is 2.84. The summed E-state index contributed by atoms with van der Waals surface area (Å²) in [6, 6.07) is 0. The van der Waals surface area contributed by atoms with Crippen LogP contribution in [0.3, 0.4) is 0 Å². The van der Waals surface area contributed by atoms with Gasteiger partial charge in [-0.2, -0.15) is 0 Å². The molecule has 0 atom stereocenters. The van der Waals surface area contributed by atoms with Crippen LogP contribution in [0.4, 0.5) is 0 Å². The number of allylic oxidation sites excluding steroid dienone is 6. The lowest BCUT2D eigenvalue weighted by atomic mass is 9.94. The minimum Gasteiger partial charge on any atom is -0.350 e. The van der Waals surface area contributed by atoms with Crippen molar-refractivity contribution < 1.29 is 9.47 Å². The van der Waals surface area contributed by atoms with Gasteiger partial charge in [-0.15, -0.1) is 0 Å². The molecule has 0 N–H and O–H groups in total. The Morgan fingerprint density at radius 3 is 1.76 bits per heavy atom. The van der Waals surface area contributed by atoms with Crippen molar-refractivity contribution in [2.75, 3.05) is 13.2 Å². The smallest absolute Gasteiger partial charge is 0.165 e. The van der Waals surface area contributed by atoms with Gasteiger partial charge in [0.1, 0.15) is 0 Å². The third kappa shape index (κ3) is 10.0. The maximum Gasteiger partial charge on any atom is 0.165 e. The largest absolute Gasteiger partial charge is 0.350 e. The molecule has 144 valence electrons. The van der Waals surface area contributed by atoms with E-state index in [0.717, 1.165) is 45.3 Å². The van der Waals surface area contributed by atoms with Crippen LogP contribution in [-0.2, 0) is 9.47 Å². The van der Waals surface area contributed by atoms with Crippen LogP contribution in [0.1, 0.15) is 87.0 Å². The zero-order chi connectivity index (χ0) is 18.9. The van der Waals surface area contributed by atoms with E-state index in [1.165, 1.54) is 23.1 Å². The van der Waals surface area contributed by atoms with Gasteiger partial charge < -0.3 is 9.47 Å². The van der Waals surface area contributed by atoms with E-state index in [1.54, 1.807) is 0 Å². The predicted octanol–water partition coefficient (Wildman–Crippen LogP) is 6.98. The third-order valence-corrected chi connectivity index (χ3v) is 4.75. The van der Waals surface area contributed by atoms with Gasteiger partial charge >= 0.3 is 0 Å². The first kappa shape index (κ1) is 22.2. The van der Waals surface area contributed by atoms with Crippen LogP contribution in [0.15, 0.2) is 34.9 Å². The summed E-state index contributed by atoms with van der Waals surface area (Å²) in [4.78, 5) is 0. The van der Waals surface area contributed by atoms with Crippen molar-refractivity contribution >= 4 is 0 Å². The lowest BCUT2D eigenvalue weighted by molar-refractivity contribution is -0.291. The number of ether oxygens (including phenoxy) is 2. The van der Waals surface area contributed by atoms with Crippen LogP contribution >= 0.6 is 0 Å². The molecular weight excluding hydrogens is 308 g/mol. The lowest BCUT2D eigenvalue weighted by Gasteiger charge is -2.41. The molecule has 0 aliphatic carbocycles. The second-order valence-corrected chi connectivity index (χ2v) is 8.87. The maximum atomic E-state index is 5.96. The fraction of sp³-hybridized carbons (Fsp3) is 0.739. The molecule has 1 aliphatic heterocycles. The summed E-state index contributed by atoms with van der Waals surface area (Å²) in [5.74, 6) is -0.409. The SMILES string of the molecule is CC(C)=CCC/C(C)=C/CC/C(C)=C/CCC1(C)OCC(C)(C)CO1. The van der Waals surface area contributed by atoms with Crippen molar-refractivity contribution in [1.82, 2.24) is 0 Å². The topological polar surface area (TPSA) is 18.5 Å². The molecular formula is C23H40O2. The first-order valence-corrected chi connectivity index (χ1v) is 9.84. The van der Waals surface area contributed by atoms with Crippen molar-refractivity contribution in [3.63, 3.8) is 0 Å². The van der Waals surface area contributed by atoms with E-state index in [1.807, 2.05) is 0 Å². The van der Waals surface area contributed by atoms with Gasteiger partial charge in [0, 0.05) is 11.8 Å². The van der Waals surface area contributed by atoms with E-state index in [9.17, 15) is 0 Å². The van der Waals surface area contributed by atoms with Crippen LogP contribution in [-0.4, -0.2) is 19.0 Å². The fourth-order valence-electron chi connectivity index (χ4n) is 2.84. The van der Waals surface area contributed by atoms with E-state index >= 15 is 0 Å². The molecule has 25 heavy (non-hydrogen) atoms. The summed E-state index contributed by atoms with van der Waals surface area (Å²) in [5.41, 5.74) is 4.52.